The van der Waals surface area contributed by atoms with Crippen molar-refractivity contribution < 1.29 is 19.2 Å². The Bertz CT molecular complexity index is 878. The molecule has 134 valence electrons. The Balaban J connectivity index is 1.75. The third-order valence-electron chi connectivity index (χ3n) is 3.68. The third-order valence-corrected chi connectivity index (χ3v) is 3.93. The number of methoxy groups -OCH3 is 1. The number of carbonyl (C=O) groups is 1. The Hall–Kier alpha value is -2.90. The zero-order valence-electron chi connectivity index (χ0n) is 13.8. The van der Waals surface area contributed by atoms with Crippen LogP contribution >= 0.6 is 11.6 Å². The normalized spacial score (nSPS) is 11.8. The summed E-state index contributed by atoms with van der Waals surface area (Å²) in [6.07, 6.45) is 0. The van der Waals surface area contributed by atoms with Gasteiger partial charge in [-0.2, -0.15) is 4.98 Å². The molecule has 0 radical (unpaired) electrons. The molecule has 1 heterocycles. The summed E-state index contributed by atoms with van der Waals surface area (Å²) >= 11 is 5.81. The molecule has 3 aromatic rings. The fourth-order valence-corrected chi connectivity index (χ4v) is 2.39. The van der Waals surface area contributed by atoms with Gasteiger partial charge in [-0.3, -0.25) is 4.79 Å². The molecule has 0 bridgehead atoms. The molecule has 1 atom stereocenters. The number of aromatic nitrogens is 2. The van der Waals surface area contributed by atoms with E-state index in [1.807, 2.05) is 0 Å². The summed E-state index contributed by atoms with van der Waals surface area (Å²) in [5.74, 6) is 0.785. The van der Waals surface area contributed by atoms with E-state index in [0.29, 0.717) is 22.2 Å². The molecular formula is C18H16ClN3O4. The molecule has 0 aliphatic carbocycles. The minimum atomic E-state index is -0.822. The number of hydrogen-bond donors (Lipinski definition) is 2. The molecule has 1 amide bonds. The highest BCUT2D eigenvalue weighted by Crippen LogP contribution is 2.21. The number of ether oxygens (including phenoxy) is 1. The van der Waals surface area contributed by atoms with Crippen LogP contribution in [0.2, 0.25) is 5.02 Å². The quantitative estimate of drug-likeness (QED) is 0.689. The molecule has 2 N–H and O–H groups in total. The van der Waals surface area contributed by atoms with Crippen LogP contribution in [0, 0.1) is 0 Å². The highest BCUT2D eigenvalue weighted by molar-refractivity contribution is 6.30. The van der Waals surface area contributed by atoms with Crippen molar-refractivity contribution in [1.82, 2.24) is 15.5 Å². The lowest BCUT2D eigenvalue weighted by Crippen LogP contribution is -2.31. The molecule has 0 saturated heterocycles. The molecular weight excluding hydrogens is 358 g/mol. The highest BCUT2D eigenvalue weighted by atomic mass is 35.5. The van der Waals surface area contributed by atoms with Gasteiger partial charge in [0.2, 0.25) is 5.82 Å². The van der Waals surface area contributed by atoms with Crippen LogP contribution in [0.15, 0.2) is 53.1 Å². The van der Waals surface area contributed by atoms with Gasteiger partial charge in [0.1, 0.15) is 11.8 Å². The molecule has 0 unspecified atom stereocenters. The molecule has 3 rings (SSSR count). The summed E-state index contributed by atoms with van der Waals surface area (Å²) in [7, 11) is 1.58. The lowest BCUT2D eigenvalue weighted by molar-refractivity contribution is 0.0901. The average Bonchev–Trinajstić information content (AvgIpc) is 3.16. The van der Waals surface area contributed by atoms with Gasteiger partial charge < -0.3 is 19.7 Å². The van der Waals surface area contributed by atoms with E-state index >= 15 is 0 Å². The number of aliphatic hydroxyl groups is 1. The molecule has 0 fully saturated rings. The summed E-state index contributed by atoms with van der Waals surface area (Å²) in [4.78, 5) is 16.5. The first-order valence-electron chi connectivity index (χ1n) is 7.76. The van der Waals surface area contributed by atoms with Crippen molar-refractivity contribution >= 4 is 17.5 Å². The zero-order valence-corrected chi connectivity index (χ0v) is 14.6. The van der Waals surface area contributed by atoms with E-state index in [4.69, 9.17) is 20.9 Å². The van der Waals surface area contributed by atoms with Crippen LogP contribution in [0.25, 0.3) is 11.4 Å². The standard InChI is InChI=1S/C18H16ClN3O4/c1-25-14-8-4-11(5-9-14)16-21-18(26-22-16)15(10-23)20-17(24)12-2-6-13(19)7-3-12/h2-9,15,23H,10H2,1H3,(H,20,24)/t15-/m0/s1. The summed E-state index contributed by atoms with van der Waals surface area (Å²) in [5.41, 5.74) is 1.13. The predicted molar refractivity (Wildman–Crippen MR) is 95.0 cm³/mol. The number of hydrogen-bond acceptors (Lipinski definition) is 6. The number of halogens is 1. The summed E-state index contributed by atoms with van der Waals surface area (Å²) in [6, 6.07) is 12.7. The van der Waals surface area contributed by atoms with E-state index in [-0.39, 0.29) is 18.4 Å². The molecule has 2 aromatic carbocycles. The minimum Gasteiger partial charge on any atom is -0.497 e. The van der Waals surface area contributed by atoms with Gasteiger partial charge in [-0.25, -0.2) is 0 Å². The zero-order chi connectivity index (χ0) is 18.5. The van der Waals surface area contributed by atoms with Crippen molar-refractivity contribution in [3.63, 3.8) is 0 Å². The second-order valence-corrected chi connectivity index (χ2v) is 5.84. The van der Waals surface area contributed by atoms with Gasteiger partial charge in [-0.15, -0.1) is 0 Å². The van der Waals surface area contributed by atoms with E-state index in [1.54, 1.807) is 55.6 Å². The monoisotopic (exact) mass is 373 g/mol. The van der Waals surface area contributed by atoms with Crippen molar-refractivity contribution in [1.29, 1.82) is 0 Å². The average molecular weight is 374 g/mol. The van der Waals surface area contributed by atoms with Crippen LogP contribution in [-0.4, -0.2) is 34.9 Å². The Morgan fingerprint density at radius 1 is 1.23 bits per heavy atom. The number of nitrogens with zero attached hydrogens (tertiary/aromatic N) is 2. The topological polar surface area (TPSA) is 97.5 Å². The van der Waals surface area contributed by atoms with Crippen molar-refractivity contribution in [3.05, 3.63) is 65.0 Å². The van der Waals surface area contributed by atoms with Gasteiger partial charge in [0.25, 0.3) is 11.8 Å². The lowest BCUT2D eigenvalue weighted by Gasteiger charge is -2.12. The van der Waals surface area contributed by atoms with Gasteiger partial charge in [-0.05, 0) is 48.5 Å². The highest BCUT2D eigenvalue weighted by Gasteiger charge is 2.21. The van der Waals surface area contributed by atoms with Crippen molar-refractivity contribution in [2.45, 2.75) is 6.04 Å². The van der Waals surface area contributed by atoms with E-state index < -0.39 is 6.04 Å². The maximum absolute atomic E-state index is 12.3. The molecule has 0 aliphatic heterocycles. The summed E-state index contributed by atoms with van der Waals surface area (Å²) in [5, 5.41) is 16.7. The van der Waals surface area contributed by atoms with E-state index in [2.05, 4.69) is 15.5 Å². The summed E-state index contributed by atoms with van der Waals surface area (Å²) < 4.78 is 10.3. The van der Waals surface area contributed by atoms with Crippen molar-refractivity contribution in [2.75, 3.05) is 13.7 Å². The largest absolute Gasteiger partial charge is 0.497 e. The predicted octanol–water partition coefficient (Wildman–Crippen LogP) is 2.86. The molecule has 0 aliphatic rings. The number of carbonyl (C=O) groups excluding carboxylic acids is 1. The van der Waals surface area contributed by atoms with E-state index in [1.165, 1.54) is 0 Å². The molecule has 0 spiro atoms. The Labute approximate surface area is 154 Å². The maximum atomic E-state index is 12.3. The molecule has 26 heavy (non-hydrogen) atoms. The van der Waals surface area contributed by atoms with E-state index in [9.17, 15) is 9.90 Å². The maximum Gasteiger partial charge on any atom is 0.251 e. The first kappa shape index (κ1) is 17.9. The Morgan fingerprint density at radius 3 is 2.54 bits per heavy atom. The third kappa shape index (κ3) is 4.01. The van der Waals surface area contributed by atoms with Crippen LogP contribution in [0.1, 0.15) is 22.3 Å². The lowest BCUT2D eigenvalue weighted by atomic mass is 10.2. The van der Waals surface area contributed by atoms with Crippen LogP contribution in [0.5, 0.6) is 5.75 Å². The second kappa shape index (κ2) is 7.99. The van der Waals surface area contributed by atoms with Gasteiger partial charge in [0, 0.05) is 16.1 Å². The Kier molecular flexibility index (Phi) is 5.50. The van der Waals surface area contributed by atoms with Gasteiger partial charge in [-0.1, -0.05) is 16.8 Å². The molecule has 0 saturated carbocycles. The van der Waals surface area contributed by atoms with Crippen LogP contribution in [-0.2, 0) is 0 Å². The second-order valence-electron chi connectivity index (χ2n) is 5.40. The first-order chi connectivity index (χ1) is 12.6. The number of amides is 1. The molecule has 1 aromatic heterocycles. The first-order valence-corrected chi connectivity index (χ1v) is 8.14. The van der Waals surface area contributed by atoms with Crippen molar-refractivity contribution in [3.8, 4) is 17.1 Å². The van der Waals surface area contributed by atoms with E-state index in [0.717, 1.165) is 5.56 Å². The number of benzene rings is 2. The Morgan fingerprint density at radius 2 is 1.92 bits per heavy atom. The minimum absolute atomic E-state index is 0.112. The fraction of sp³-hybridized carbons (Fsp3) is 0.167. The molecule has 7 nitrogen and oxygen atoms in total. The number of rotatable bonds is 6. The van der Waals surface area contributed by atoms with Crippen LogP contribution < -0.4 is 10.1 Å². The van der Waals surface area contributed by atoms with Crippen molar-refractivity contribution in [2.24, 2.45) is 0 Å². The fourth-order valence-electron chi connectivity index (χ4n) is 2.26. The SMILES string of the molecule is COc1ccc(-c2noc([C@H](CO)NC(=O)c3ccc(Cl)cc3)n2)cc1. The van der Waals surface area contributed by atoms with Crippen LogP contribution in [0.4, 0.5) is 0 Å². The molecule has 8 heteroatoms. The van der Waals surface area contributed by atoms with Gasteiger partial charge in [0.15, 0.2) is 0 Å². The number of nitrogens with one attached hydrogen (secondary N) is 1. The smallest absolute Gasteiger partial charge is 0.251 e. The van der Waals surface area contributed by atoms with Gasteiger partial charge in [0.05, 0.1) is 13.7 Å². The van der Waals surface area contributed by atoms with Crippen LogP contribution in [0.3, 0.4) is 0 Å². The number of aliphatic hydroxyl groups excluding tert-OH is 1. The summed E-state index contributed by atoms with van der Waals surface area (Å²) in [6.45, 7) is -0.385. The van der Waals surface area contributed by atoms with Gasteiger partial charge >= 0.3 is 0 Å².